The van der Waals surface area contributed by atoms with Crippen LogP contribution in [0.4, 0.5) is 5.69 Å². The van der Waals surface area contributed by atoms with E-state index in [1.165, 1.54) is 22.9 Å². The van der Waals surface area contributed by atoms with Gasteiger partial charge in [-0.2, -0.15) is 5.26 Å². The lowest BCUT2D eigenvalue weighted by Gasteiger charge is -2.09. The summed E-state index contributed by atoms with van der Waals surface area (Å²) in [7, 11) is 0. The van der Waals surface area contributed by atoms with Crippen molar-refractivity contribution in [3.05, 3.63) is 59.2 Å². The Balaban J connectivity index is 1.70. The number of amides is 1. The number of aryl methyl sites for hydroxylation is 2. The predicted octanol–water partition coefficient (Wildman–Crippen LogP) is 3.93. The number of ether oxygens (including phenoxy) is 1. The van der Waals surface area contributed by atoms with Crippen molar-refractivity contribution in [2.24, 2.45) is 0 Å². The summed E-state index contributed by atoms with van der Waals surface area (Å²) in [5.74, 6) is 1.80. The monoisotopic (exact) mass is 340 g/mol. The number of benzene rings is 2. The van der Waals surface area contributed by atoms with Gasteiger partial charge in [0.2, 0.25) is 5.91 Å². The first-order valence-electron chi connectivity index (χ1n) is 7.66. The number of anilines is 1. The smallest absolute Gasteiger partial charge is 0.234 e. The molecule has 2 aromatic carbocycles. The fraction of sp³-hybridized carbons (Fsp3) is 0.263. The van der Waals surface area contributed by atoms with Gasteiger partial charge >= 0.3 is 0 Å². The highest BCUT2D eigenvalue weighted by Gasteiger charge is 2.06. The van der Waals surface area contributed by atoms with Gasteiger partial charge in [0.1, 0.15) is 11.8 Å². The van der Waals surface area contributed by atoms with Crippen molar-refractivity contribution in [1.29, 1.82) is 5.26 Å². The first-order valence-corrected chi connectivity index (χ1v) is 8.82. The van der Waals surface area contributed by atoms with Gasteiger partial charge in [-0.1, -0.05) is 18.2 Å². The molecule has 0 spiro atoms. The molecular weight excluding hydrogens is 320 g/mol. The minimum Gasteiger partial charge on any atom is -0.493 e. The summed E-state index contributed by atoms with van der Waals surface area (Å²) < 4.78 is 5.71. The topological polar surface area (TPSA) is 62.1 Å². The van der Waals surface area contributed by atoms with Crippen LogP contribution in [-0.2, 0) is 4.79 Å². The van der Waals surface area contributed by atoms with Gasteiger partial charge in [0.05, 0.1) is 23.6 Å². The number of nitrogens with one attached hydrogen (secondary N) is 1. The number of carbonyl (C=O) groups is 1. The molecule has 0 heterocycles. The van der Waals surface area contributed by atoms with E-state index in [2.05, 4.69) is 17.5 Å². The van der Waals surface area contributed by atoms with Crippen LogP contribution in [0.15, 0.2) is 42.5 Å². The Labute approximate surface area is 146 Å². The van der Waals surface area contributed by atoms with Gasteiger partial charge in [-0.15, -0.1) is 11.8 Å². The van der Waals surface area contributed by atoms with Crippen molar-refractivity contribution in [3.63, 3.8) is 0 Å². The zero-order valence-corrected chi connectivity index (χ0v) is 14.7. The molecular formula is C19H20N2O2S. The van der Waals surface area contributed by atoms with Crippen LogP contribution >= 0.6 is 11.8 Å². The third-order valence-corrected chi connectivity index (χ3v) is 4.17. The van der Waals surface area contributed by atoms with Crippen LogP contribution in [0.3, 0.4) is 0 Å². The van der Waals surface area contributed by atoms with Crippen LogP contribution in [-0.4, -0.2) is 24.0 Å². The number of carbonyl (C=O) groups excluding carboxylic acids is 1. The van der Waals surface area contributed by atoms with Gasteiger partial charge in [0.25, 0.3) is 0 Å². The molecule has 0 radical (unpaired) electrons. The van der Waals surface area contributed by atoms with Crippen molar-refractivity contribution < 1.29 is 9.53 Å². The number of hydrogen-bond acceptors (Lipinski definition) is 4. The highest BCUT2D eigenvalue weighted by Crippen LogP contribution is 2.17. The van der Waals surface area contributed by atoms with Crippen molar-refractivity contribution >= 4 is 23.4 Å². The predicted molar refractivity (Wildman–Crippen MR) is 98.5 cm³/mol. The molecule has 2 rings (SSSR count). The second-order valence-electron chi connectivity index (χ2n) is 5.43. The second-order valence-corrected chi connectivity index (χ2v) is 6.54. The lowest BCUT2D eigenvalue weighted by Crippen LogP contribution is -2.16. The zero-order chi connectivity index (χ0) is 17.4. The number of para-hydroxylation sites is 1. The van der Waals surface area contributed by atoms with E-state index in [0.717, 1.165) is 11.5 Å². The molecule has 0 aromatic heterocycles. The summed E-state index contributed by atoms with van der Waals surface area (Å²) in [5, 5.41) is 11.8. The number of rotatable bonds is 7. The molecule has 1 amide bonds. The third-order valence-electron chi connectivity index (χ3n) is 3.25. The Bertz CT molecular complexity index is 733. The number of thioether (sulfide) groups is 1. The molecule has 0 aliphatic heterocycles. The van der Waals surface area contributed by atoms with Crippen LogP contribution in [0, 0.1) is 25.2 Å². The summed E-state index contributed by atoms with van der Waals surface area (Å²) in [5.41, 5.74) is 3.37. The quantitative estimate of drug-likeness (QED) is 0.776. The number of nitrogens with zero attached hydrogens (tertiary/aromatic N) is 1. The Hall–Kier alpha value is -2.45. The van der Waals surface area contributed by atoms with Gasteiger partial charge in [-0.25, -0.2) is 0 Å². The molecule has 2 aromatic rings. The van der Waals surface area contributed by atoms with E-state index in [1.807, 2.05) is 26.0 Å². The first-order chi connectivity index (χ1) is 11.6. The molecule has 0 saturated carbocycles. The molecule has 0 aliphatic rings. The van der Waals surface area contributed by atoms with Gasteiger partial charge in [0, 0.05) is 5.75 Å². The molecule has 5 heteroatoms. The normalized spacial score (nSPS) is 10.0. The van der Waals surface area contributed by atoms with Gasteiger partial charge in [-0.05, 0) is 49.2 Å². The molecule has 124 valence electrons. The first kappa shape index (κ1) is 17.9. The molecule has 1 N–H and O–H groups in total. The summed E-state index contributed by atoms with van der Waals surface area (Å²) in [6.45, 7) is 4.63. The molecule has 24 heavy (non-hydrogen) atoms. The average molecular weight is 340 g/mol. The Morgan fingerprint density at radius 3 is 2.62 bits per heavy atom. The van der Waals surface area contributed by atoms with Crippen LogP contribution in [0.25, 0.3) is 0 Å². The summed E-state index contributed by atoms with van der Waals surface area (Å²) in [6.07, 6.45) is 0. The van der Waals surface area contributed by atoms with Crippen molar-refractivity contribution in [2.75, 3.05) is 23.4 Å². The maximum Gasteiger partial charge on any atom is 0.234 e. The molecule has 0 saturated heterocycles. The van der Waals surface area contributed by atoms with E-state index in [1.54, 1.807) is 24.3 Å². The molecule has 0 bridgehead atoms. The average Bonchev–Trinajstić information content (AvgIpc) is 2.54. The fourth-order valence-electron chi connectivity index (χ4n) is 2.28. The standard InChI is InChI=1S/C19H20N2O2S/c1-14-9-15(2)11-17(10-14)23-7-8-24-13-19(22)21-18-6-4-3-5-16(18)12-20/h3-6,9-11H,7-8,13H2,1-2H3,(H,21,22). The minimum atomic E-state index is -0.117. The fourth-order valence-corrected chi connectivity index (χ4v) is 2.88. The maximum absolute atomic E-state index is 11.9. The van der Waals surface area contributed by atoms with Crippen molar-refractivity contribution in [2.45, 2.75) is 13.8 Å². The van der Waals surface area contributed by atoms with Crippen LogP contribution < -0.4 is 10.1 Å². The lowest BCUT2D eigenvalue weighted by atomic mass is 10.1. The second kappa shape index (κ2) is 8.99. The molecule has 0 unspecified atom stereocenters. The SMILES string of the molecule is Cc1cc(C)cc(OCCSCC(=O)Nc2ccccc2C#N)c1. The Morgan fingerprint density at radius 1 is 1.21 bits per heavy atom. The minimum absolute atomic E-state index is 0.117. The molecule has 0 fully saturated rings. The zero-order valence-electron chi connectivity index (χ0n) is 13.8. The van der Waals surface area contributed by atoms with Crippen molar-refractivity contribution in [1.82, 2.24) is 0 Å². The summed E-state index contributed by atoms with van der Waals surface area (Å²) in [6, 6.07) is 15.1. The maximum atomic E-state index is 11.9. The Morgan fingerprint density at radius 2 is 1.92 bits per heavy atom. The van der Waals surface area contributed by atoms with Crippen molar-refractivity contribution in [3.8, 4) is 11.8 Å². The van der Waals surface area contributed by atoms with Gasteiger partial charge < -0.3 is 10.1 Å². The third kappa shape index (κ3) is 5.64. The van der Waals surface area contributed by atoms with Crippen LogP contribution in [0.1, 0.15) is 16.7 Å². The summed E-state index contributed by atoms with van der Waals surface area (Å²) >= 11 is 1.50. The van der Waals surface area contributed by atoms with E-state index in [9.17, 15) is 4.79 Å². The number of hydrogen-bond donors (Lipinski definition) is 1. The van der Waals surface area contributed by atoms with Crippen LogP contribution in [0.5, 0.6) is 5.75 Å². The van der Waals surface area contributed by atoms with E-state index in [4.69, 9.17) is 10.00 Å². The lowest BCUT2D eigenvalue weighted by molar-refractivity contribution is -0.113. The van der Waals surface area contributed by atoms with Gasteiger partial charge in [-0.3, -0.25) is 4.79 Å². The largest absolute Gasteiger partial charge is 0.493 e. The highest BCUT2D eigenvalue weighted by atomic mass is 32.2. The van der Waals surface area contributed by atoms with E-state index < -0.39 is 0 Å². The highest BCUT2D eigenvalue weighted by molar-refractivity contribution is 7.99. The molecule has 0 aliphatic carbocycles. The Kier molecular flexibility index (Phi) is 6.71. The van der Waals surface area contributed by atoms with E-state index in [0.29, 0.717) is 23.6 Å². The van der Waals surface area contributed by atoms with E-state index in [-0.39, 0.29) is 5.91 Å². The van der Waals surface area contributed by atoms with Crippen LogP contribution in [0.2, 0.25) is 0 Å². The molecule has 0 atom stereocenters. The molecule has 4 nitrogen and oxygen atoms in total. The van der Waals surface area contributed by atoms with Gasteiger partial charge in [0.15, 0.2) is 0 Å². The van der Waals surface area contributed by atoms with E-state index >= 15 is 0 Å². The summed E-state index contributed by atoms with van der Waals surface area (Å²) in [4.78, 5) is 11.9. The number of nitriles is 1.